The molecule has 1 atom stereocenters. The molecule has 1 aliphatic rings. The first-order valence-corrected chi connectivity index (χ1v) is 12.2. The molecule has 1 amide bonds. The third-order valence-electron chi connectivity index (χ3n) is 6.37. The number of nitrogens with two attached hydrogens (primary N) is 1. The number of anilines is 1. The number of ketones is 1. The highest BCUT2D eigenvalue weighted by atomic mass is 32.1. The van der Waals surface area contributed by atoms with Crippen LogP contribution in [0.5, 0.6) is 0 Å². The summed E-state index contributed by atoms with van der Waals surface area (Å²) in [6, 6.07) is 3.88. The van der Waals surface area contributed by atoms with Crippen molar-refractivity contribution < 1.29 is 14.7 Å². The summed E-state index contributed by atoms with van der Waals surface area (Å²) in [5.74, 6) is -0.262. The van der Waals surface area contributed by atoms with Crippen LogP contribution in [-0.2, 0) is 4.79 Å². The number of hydrogen-bond donors (Lipinski definition) is 2. The van der Waals surface area contributed by atoms with Gasteiger partial charge in [0.15, 0.2) is 11.4 Å². The lowest BCUT2D eigenvalue weighted by Crippen LogP contribution is -2.42. The summed E-state index contributed by atoms with van der Waals surface area (Å²) in [4.78, 5) is 41.0. The fraction of sp³-hybridized carbons (Fsp3) is 0.333. The van der Waals surface area contributed by atoms with Gasteiger partial charge in [-0.15, -0.1) is 11.3 Å². The molecular weight excluding hydrogens is 466 g/mol. The molecule has 5 heterocycles. The first-order valence-electron chi connectivity index (χ1n) is 11.3. The second-order valence-electron chi connectivity index (χ2n) is 8.68. The molecule has 3 N–H and O–H groups in total. The summed E-state index contributed by atoms with van der Waals surface area (Å²) in [5.41, 5.74) is 12.2. The fourth-order valence-electron chi connectivity index (χ4n) is 4.57. The molecule has 4 aromatic rings. The molecule has 4 aromatic heterocycles. The van der Waals surface area contributed by atoms with Crippen LogP contribution < -0.4 is 5.73 Å². The SMILES string of the molecule is CC(=O)c1c(C2CCN(C(=O)[C@@H](C)O)CC2)nc2c(-c3ccc(-c4cncs4)nc3)cnn2c1N. The normalized spacial score (nSPS) is 15.5. The van der Waals surface area contributed by atoms with Crippen molar-refractivity contribution in [1.29, 1.82) is 0 Å². The van der Waals surface area contributed by atoms with E-state index in [9.17, 15) is 14.7 Å². The van der Waals surface area contributed by atoms with Crippen molar-refractivity contribution in [1.82, 2.24) is 29.5 Å². The number of aromatic nitrogens is 5. The fourth-order valence-corrected chi connectivity index (χ4v) is 5.17. The van der Waals surface area contributed by atoms with Gasteiger partial charge in [0.1, 0.15) is 11.9 Å². The van der Waals surface area contributed by atoms with Crippen LogP contribution in [0.2, 0.25) is 0 Å². The number of carbonyl (C=O) groups excluding carboxylic acids is 2. The third kappa shape index (κ3) is 4.17. The molecule has 0 aromatic carbocycles. The minimum Gasteiger partial charge on any atom is -0.384 e. The number of nitrogen functional groups attached to an aromatic ring is 1. The van der Waals surface area contributed by atoms with Crippen LogP contribution in [0.25, 0.3) is 27.3 Å². The predicted octanol–water partition coefficient (Wildman–Crippen LogP) is 2.79. The van der Waals surface area contributed by atoms with E-state index < -0.39 is 6.10 Å². The first kappa shape index (κ1) is 23.1. The summed E-state index contributed by atoms with van der Waals surface area (Å²) in [6.07, 6.45) is 5.43. The number of thiazole rings is 1. The Balaban J connectivity index is 1.53. The average Bonchev–Trinajstić information content (AvgIpc) is 3.54. The monoisotopic (exact) mass is 491 g/mol. The van der Waals surface area contributed by atoms with E-state index in [1.807, 2.05) is 12.1 Å². The van der Waals surface area contributed by atoms with Gasteiger partial charge in [-0.3, -0.25) is 19.6 Å². The highest BCUT2D eigenvalue weighted by Gasteiger charge is 2.31. The summed E-state index contributed by atoms with van der Waals surface area (Å²) in [5, 5.41) is 14.0. The molecule has 1 fully saturated rings. The Bertz CT molecular complexity index is 1390. The van der Waals surface area contributed by atoms with Crippen molar-refractivity contribution >= 4 is 34.5 Å². The summed E-state index contributed by atoms with van der Waals surface area (Å²) >= 11 is 1.52. The molecule has 0 radical (unpaired) electrons. The summed E-state index contributed by atoms with van der Waals surface area (Å²) in [6.45, 7) is 3.90. The van der Waals surface area contributed by atoms with Crippen LogP contribution in [0.3, 0.4) is 0 Å². The molecule has 1 aliphatic heterocycles. The van der Waals surface area contributed by atoms with Gasteiger partial charge < -0.3 is 15.7 Å². The number of aliphatic hydroxyl groups excluding tert-OH is 1. The molecule has 180 valence electrons. The van der Waals surface area contributed by atoms with Crippen LogP contribution in [0, 0.1) is 0 Å². The van der Waals surface area contributed by atoms with Crippen molar-refractivity contribution in [2.24, 2.45) is 0 Å². The number of piperidine rings is 1. The number of Topliss-reactive ketones (excluding diaryl/α,β-unsaturated/α-hetero) is 1. The van der Waals surface area contributed by atoms with Gasteiger partial charge in [0.05, 0.1) is 33.5 Å². The van der Waals surface area contributed by atoms with E-state index >= 15 is 0 Å². The van der Waals surface area contributed by atoms with E-state index in [4.69, 9.17) is 10.7 Å². The molecule has 0 aliphatic carbocycles. The summed E-state index contributed by atoms with van der Waals surface area (Å²) in [7, 11) is 0. The van der Waals surface area contributed by atoms with Gasteiger partial charge in [0.2, 0.25) is 0 Å². The lowest BCUT2D eigenvalue weighted by Gasteiger charge is -2.33. The zero-order valence-corrected chi connectivity index (χ0v) is 20.2. The Morgan fingerprint density at radius 1 is 1.20 bits per heavy atom. The van der Waals surface area contributed by atoms with Gasteiger partial charge in [-0.05, 0) is 32.8 Å². The van der Waals surface area contributed by atoms with Crippen molar-refractivity contribution in [3.8, 4) is 21.7 Å². The number of hydrogen-bond acceptors (Lipinski definition) is 9. The number of carbonyl (C=O) groups is 2. The average molecular weight is 492 g/mol. The lowest BCUT2D eigenvalue weighted by molar-refractivity contribution is -0.140. The molecule has 0 unspecified atom stereocenters. The third-order valence-corrected chi connectivity index (χ3v) is 7.17. The van der Waals surface area contributed by atoms with Crippen molar-refractivity contribution in [3.05, 3.63) is 47.5 Å². The van der Waals surface area contributed by atoms with Crippen LogP contribution in [-0.4, -0.2) is 65.5 Å². The van der Waals surface area contributed by atoms with Gasteiger partial charge in [-0.1, -0.05) is 6.07 Å². The smallest absolute Gasteiger partial charge is 0.251 e. The summed E-state index contributed by atoms with van der Waals surface area (Å²) < 4.78 is 1.50. The number of likely N-dealkylation sites (tertiary alicyclic amines) is 1. The molecule has 1 saturated heterocycles. The van der Waals surface area contributed by atoms with E-state index in [1.165, 1.54) is 29.7 Å². The van der Waals surface area contributed by atoms with Crippen LogP contribution in [0.4, 0.5) is 5.82 Å². The van der Waals surface area contributed by atoms with E-state index in [0.29, 0.717) is 42.8 Å². The second kappa shape index (κ2) is 9.16. The number of nitrogens with zero attached hydrogens (tertiary/aromatic N) is 6. The quantitative estimate of drug-likeness (QED) is 0.406. The zero-order valence-electron chi connectivity index (χ0n) is 19.4. The minimum atomic E-state index is -1.03. The van der Waals surface area contributed by atoms with E-state index in [0.717, 1.165) is 21.7 Å². The topological polar surface area (TPSA) is 140 Å². The first-order chi connectivity index (χ1) is 16.8. The van der Waals surface area contributed by atoms with Gasteiger partial charge in [0.25, 0.3) is 5.91 Å². The van der Waals surface area contributed by atoms with E-state index in [2.05, 4.69) is 15.1 Å². The van der Waals surface area contributed by atoms with Crippen molar-refractivity contribution in [2.45, 2.75) is 38.7 Å². The Hall–Kier alpha value is -3.70. The Labute approximate surface area is 205 Å². The van der Waals surface area contributed by atoms with Crippen molar-refractivity contribution in [3.63, 3.8) is 0 Å². The molecular formula is C24H25N7O3S. The molecule has 10 nitrogen and oxygen atoms in total. The van der Waals surface area contributed by atoms with Gasteiger partial charge in [-0.2, -0.15) is 9.61 Å². The number of rotatable bonds is 5. The highest BCUT2D eigenvalue weighted by molar-refractivity contribution is 7.13. The molecule has 11 heteroatoms. The second-order valence-corrected chi connectivity index (χ2v) is 9.57. The van der Waals surface area contributed by atoms with Gasteiger partial charge in [0, 0.05) is 42.5 Å². The molecule has 0 bridgehead atoms. The molecule has 5 rings (SSSR count). The van der Waals surface area contributed by atoms with E-state index in [1.54, 1.807) is 29.0 Å². The van der Waals surface area contributed by atoms with Crippen LogP contribution in [0.15, 0.2) is 36.2 Å². The molecule has 0 saturated carbocycles. The maximum absolute atomic E-state index is 12.6. The van der Waals surface area contributed by atoms with Crippen LogP contribution >= 0.6 is 11.3 Å². The van der Waals surface area contributed by atoms with Gasteiger partial charge >= 0.3 is 0 Å². The largest absolute Gasteiger partial charge is 0.384 e. The molecule has 0 spiro atoms. The molecule has 35 heavy (non-hydrogen) atoms. The van der Waals surface area contributed by atoms with Gasteiger partial charge in [-0.25, -0.2) is 4.98 Å². The van der Waals surface area contributed by atoms with E-state index in [-0.39, 0.29) is 23.4 Å². The maximum Gasteiger partial charge on any atom is 0.251 e. The number of amides is 1. The number of fused-ring (bicyclic) bond motifs is 1. The minimum absolute atomic E-state index is 0.0474. The standard InChI is InChI=1S/C24H25N7O3S/c1-13(32)20-21(15-5-7-30(8-6-15)24(34)14(2)33)29-23-17(10-28-31(23)22(20)25)16-3-4-18(27-9-16)19-11-26-12-35-19/h3-4,9-12,14-15,33H,5-8,25H2,1-2H3/t14-/m1/s1. The van der Waals surface area contributed by atoms with Crippen LogP contribution in [0.1, 0.15) is 48.7 Å². The Kier molecular flexibility index (Phi) is 6.03. The maximum atomic E-state index is 12.6. The zero-order chi connectivity index (χ0) is 24.7. The number of pyridine rings is 1. The lowest BCUT2D eigenvalue weighted by atomic mass is 9.89. The van der Waals surface area contributed by atoms with Crippen molar-refractivity contribution in [2.75, 3.05) is 18.8 Å². The highest BCUT2D eigenvalue weighted by Crippen LogP contribution is 2.35. The Morgan fingerprint density at radius 3 is 2.57 bits per heavy atom. The Morgan fingerprint density at radius 2 is 1.97 bits per heavy atom. The predicted molar refractivity (Wildman–Crippen MR) is 132 cm³/mol. The number of aliphatic hydroxyl groups is 1.